The van der Waals surface area contributed by atoms with Crippen LogP contribution in [-0.4, -0.2) is 37.2 Å². The molecule has 62 heavy (non-hydrogen) atoms. The molecule has 0 heterocycles. The number of hydrogen-bond acceptors (Lipinski definition) is 6. The van der Waals surface area contributed by atoms with E-state index in [4.69, 9.17) is 14.2 Å². The fourth-order valence-electron chi connectivity index (χ4n) is 6.29. The van der Waals surface area contributed by atoms with Crippen molar-refractivity contribution in [3.63, 3.8) is 0 Å². The van der Waals surface area contributed by atoms with Crippen molar-refractivity contribution >= 4 is 17.9 Å². The number of esters is 3. The first kappa shape index (κ1) is 58.1. The summed E-state index contributed by atoms with van der Waals surface area (Å²) in [6, 6.07) is 0. The third-order valence-corrected chi connectivity index (χ3v) is 9.99. The van der Waals surface area contributed by atoms with Crippen LogP contribution in [-0.2, 0) is 28.6 Å². The maximum atomic E-state index is 12.8. The second-order valence-corrected chi connectivity index (χ2v) is 16.0. The van der Waals surface area contributed by atoms with Gasteiger partial charge in [0.25, 0.3) is 0 Å². The van der Waals surface area contributed by atoms with Crippen molar-refractivity contribution in [1.82, 2.24) is 0 Å². The van der Waals surface area contributed by atoms with Gasteiger partial charge in [0.05, 0.1) is 0 Å². The number of hydrogen-bond donors (Lipinski definition) is 0. The Bertz CT molecular complexity index is 1310. The van der Waals surface area contributed by atoms with Crippen molar-refractivity contribution in [2.24, 2.45) is 0 Å². The van der Waals surface area contributed by atoms with Crippen LogP contribution in [0, 0.1) is 0 Å². The van der Waals surface area contributed by atoms with Crippen LogP contribution in [0.1, 0.15) is 207 Å². The van der Waals surface area contributed by atoms with Crippen LogP contribution in [0.3, 0.4) is 0 Å². The molecule has 6 heteroatoms. The average Bonchev–Trinajstić information content (AvgIpc) is 3.27. The molecule has 1 atom stereocenters. The Hall–Kier alpha value is -3.93. The van der Waals surface area contributed by atoms with Crippen molar-refractivity contribution < 1.29 is 28.6 Å². The van der Waals surface area contributed by atoms with Gasteiger partial charge in [0, 0.05) is 19.3 Å². The largest absolute Gasteiger partial charge is 0.462 e. The van der Waals surface area contributed by atoms with Crippen molar-refractivity contribution in [2.75, 3.05) is 13.2 Å². The molecule has 0 aromatic rings. The molecule has 0 amide bonds. The van der Waals surface area contributed by atoms with Crippen LogP contribution in [0.15, 0.2) is 109 Å². The lowest BCUT2D eigenvalue weighted by Crippen LogP contribution is -2.30. The average molecular weight is 859 g/mol. The molecule has 0 spiro atoms. The minimum Gasteiger partial charge on any atom is -0.462 e. The Labute approximate surface area is 380 Å². The highest BCUT2D eigenvalue weighted by Crippen LogP contribution is 2.13. The van der Waals surface area contributed by atoms with Crippen molar-refractivity contribution in [3.8, 4) is 0 Å². The molecular formula is C56H90O6. The molecule has 0 aromatic carbocycles. The van der Waals surface area contributed by atoms with Crippen LogP contribution < -0.4 is 0 Å². The van der Waals surface area contributed by atoms with E-state index in [0.717, 1.165) is 122 Å². The maximum absolute atomic E-state index is 12.8. The van der Waals surface area contributed by atoms with Crippen LogP contribution in [0.4, 0.5) is 0 Å². The first-order valence-corrected chi connectivity index (χ1v) is 24.9. The van der Waals surface area contributed by atoms with E-state index in [9.17, 15) is 14.4 Å². The molecule has 0 rings (SSSR count). The molecule has 1 unspecified atom stereocenters. The fraction of sp³-hybridized carbons (Fsp3) is 0.625. The molecule has 0 aromatic heterocycles. The first-order valence-electron chi connectivity index (χ1n) is 24.9. The van der Waals surface area contributed by atoms with E-state index in [1.54, 1.807) is 0 Å². The molecule has 0 N–H and O–H groups in total. The Kier molecular flexibility index (Phi) is 46.6. The summed E-state index contributed by atoms with van der Waals surface area (Å²) in [5.74, 6) is -0.999. The molecule has 0 radical (unpaired) electrons. The zero-order valence-corrected chi connectivity index (χ0v) is 39.8. The van der Waals surface area contributed by atoms with Gasteiger partial charge in [0.1, 0.15) is 13.2 Å². The van der Waals surface area contributed by atoms with E-state index in [1.807, 2.05) is 0 Å². The van der Waals surface area contributed by atoms with Crippen LogP contribution in [0.25, 0.3) is 0 Å². The molecular weight excluding hydrogens is 769 g/mol. The highest BCUT2D eigenvalue weighted by molar-refractivity contribution is 5.71. The van der Waals surface area contributed by atoms with Gasteiger partial charge < -0.3 is 14.2 Å². The van der Waals surface area contributed by atoms with Crippen LogP contribution in [0.2, 0.25) is 0 Å². The number of carbonyl (C=O) groups excluding carboxylic acids is 3. The summed E-state index contributed by atoms with van der Waals surface area (Å²) in [5.41, 5.74) is 0. The molecule has 0 saturated carbocycles. The number of allylic oxidation sites excluding steroid dienone is 18. The van der Waals surface area contributed by atoms with E-state index in [2.05, 4.69) is 130 Å². The number of unbranched alkanes of at least 4 members (excludes halogenated alkanes) is 14. The van der Waals surface area contributed by atoms with Gasteiger partial charge in [0.2, 0.25) is 0 Å². The minimum atomic E-state index is -0.812. The van der Waals surface area contributed by atoms with Gasteiger partial charge in [0.15, 0.2) is 6.10 Å². The van der Waals surface area contributed by atoms with Gasteiger partial charge in [-0.1, -0.05) is 188 Å². The number of rotatable bonds is 43. The predicted molar refractivity (Wildman–Crippen MR) is 265 cm³/mol. The monoisotopic (exact) mass is 859 g/mol. The Morgan fingerprint density at radius 2 is 0.645 bits per heavy atom. The predicted octanol–water partition coefficient (Wildman–Crippen LogP) is 16.4. The minimum absolute atomic E-state index is 0.108. The van der Waals surface area contributed by atoms with E-state index in [1.165, 1.54) is 38.5 Å². The molecule has 6 nitrogen and oxygen atoms in total. The molecule has 0 aliphatic rings. The van der Waals surface area contributed by atoms with Crippen molar-refractivity contribution in [3.05, 3.63) is 109 Å². The van der Waals surface area contributed by atoms with Gasteiger partial charge in [-0.2, -0.15) is 0 Å². The van der Waals surface area contributed by atoms with Crippen LogP contribution >= 0.6 is 0 Å². The van der Waals surface area contributed by atoms with Crippen molar-refractivity contribution in [1.29, 1.82) is 0 Å². The lowest BCUT2D eigenvalue weighted by molar-refractivity contribution is -0.167. The highest BCUT2D eigenvalue weighted by atomic mass is 16.6. The Morgan fingerprint density at radius 3 is 1.06 bits per heavy atom. The van der Waals surface area contributed by atoms with E-state index >= 15 is 0 Å². The third-order valence-electron chi connectivity index (χ3n) is 9.99. The summed E-state index contributed by atoms with van der Waals surface area (Å²) >= 11 is 0. The number of carbonyl (C=O) groups is 3. The van der Waals surface area contributed by atoms with Gasteiger partial charge in [-0.25, -0.2) is 0 Å². The fourth-order valence-corrected chi connectivity index (χ4v) is 6.29. The Morgan fingerprint density at radius 1 is 0.339 bits per heavy atom. The van der Waals surface area contributed by atoms with Crippen LogP contribution in [0.5, 0.6) is 0 Å². The molecule has 0 aliphatic heterocycles. The third kappa shape index (κ3) is 47.1. The smallest absolute Gasteiger partial charge is 0.306 e. The SMILES string of the molecule is CC/C=C\C/C=C\C/C=C\C/C=C\C/C=C\CCCC(=O)OCC(COC(=O)CCCCCCC/C=C\CCCC)OC(=O)CCCCCCCC/C=C\C/C=C\C/C=C\CC. The number of ether oxygens (including phenoxy) is 3. The molecule has 0 aliphatic carbocycles. The normalized spacial score (nSPS) is 13.0. The zero-order chi connectivity index (χ0) is 45.1. The summed E-state index contributed by atoms with van der Waals surface area (Å²) in [4.78, 5) is 37.9. The summed E-state index contributed by atoms with van der Waals surface area (Å²) in [7, 11) is 0. The van der Waals surface area contributed by atoms with Gasteiger partial charge >= 0.3 is 17.9 Å². The zero-order valence-electron chi connectivity index (χ0n) is 39.8. The summed E-state index contributed by atoms with van der Waals surface area (Å²) in [5, 5.41) is 0. The summed E-state index contributed by atoms with van der Waals surface area (Å²) in [6.07, 6.45) is 66.5. The van der Waals surface area contributed by atoms with Gasteiger partial charge in [-0.15, -0.1) is 0 Å². The maximum Gasteiger partial charge on any atom is 0.306 e. The van der Waals surface area contributed by atoms with Gasteiger partial charge in [-0.3, -0.25) is 14.4 Å². The second kappa shape index (κ2) is 49.7. The molecule has 0 fully saturated rings. The quantitative estimate of drug-likeness (QED) is 0.0263. The molecule has 0 saturated heterocycles. The second-order valence-electron chi connectivity index (χ2n) is 16.0. The van der Waals surface area contributed by atoms with Crippen molar-refractivity contribution in [2.45, 2.75) is 213 Å². The highest BCUT2D eigenvalue weighted by Gasteiger charge is 2.19. The standard InChI is InChI=1S/C56H90O6/c1-4-7-10-13-16-19-22-24-26-28-30-31-34-37-40-43-46-49-55(58)61-52-53(51-60-54(57)48-45-42-39-36-33-21-18-15-12-9-6-3)62-56(59)50-47-44-41-38-35-32-29-27-25-23-20-17-14-11-8-5-2/h7-8,10-11,15-20,24-27,30-31,37,40,53H,4-6,9,12-14,21-23,28-29,32-36,38-39,41-52H2,1-3H3/b10-7-,11-8-,18-15-,19-16-,20-17-,26-24-,27-25-,31-30-,40-37-. The molecule has 350 valence electrons. The topological polar surface area (TPSA) is 78.9 Å². The van der Waals surface area contributed by atoms with E-state index in [0.29, 0.717) is 19.3 Å². The van der Waals surface area contributed by atoms with E-state index in [-0.39, 0.29) is 37.5 Å². The summed E-state index contributed by atoms with van der Waals surface area (Å²) < 4.78 is 16.7. The lowest BCUT2D eigenvalue weighted by Gasteiger charge is -2.18. The lowest BCUT2D eigenvalue weighted by atomic mass is 10.1. The summed E-state index contributed by atoms with van der Waals surface area (Å²) in [6.45, 7) is 6.29. The Balaban J connectivity index is 4.51. The van der Waals surface area contributed by atoms with E-state index < -0.39 is 6.10 Å². The first-order chi connectivity index (χ1) is 30.5. The molecule has 0 bridgehead atoms. The van der Waals surface area contributed by atoms with Gasteiger partial charge in [-0.05, 0) is 109 Å².